The molecule has 0 saturated carbocycles. The normalized spacial score (nSPS) is 11.4. The van der Waals surface area contributed by atoms with Gasteiger partial charge in [0, 0.05) is 12.5 Å². The fourth-order valence-corrected chi connectivity index (χ4v) is 3.58. The Labute approximate surface area is 232 Å². The summed E-state index contributed by atoms with van der Waals surface area (Å²) in [5.74, 6) is 0.768. The van der Waals surface area contributed by atoms with Gasteiger partial charge in [-0.2, -0.15) is 0 Å². The number of Topliss-reactive ketones (excluding diaryl/α,β-unsaturated/α-hetero) is 1. The summed E-state index contributed by atoms with van der Waals surface area (Å²) in [6.07, 6.45) is 6.35. The van der Waals surface area contributed by atoms with E-state index in [1.807, 2.05) is 25.1 Å². The number of carbonyl (C=O) groups is 3. The highest BCUT2D eigenvalue weighted by Crippen LogP contribution is 2.29. The lowest BCUT2D eigenvalue weighted by Crippen LogP contribution is -2.14. The van der Waals surface area contributed by atoms with E-state index in [2.05, 4.69) is 0 Å². The number of hydrogen-bond donors (Lipinski definition) is 1. The number of hydrogen-bond acceptors (Lipinski definition) is 8. The molecule has 8 nitrogen and oxygen atoms in total. The first-order valence-electron chi connectivity index (χ1n) is 12.3. The van der Waals surface area contributed by atoms with E-state index in [9.17, 15) is 19.5 Å². The average Bonchev–Trinajstić information content (AvgIpc) is 2.92. The number of rotatable bonds is 11. The highest BCUT2D eigenvalue weighted by atomic mass is 16.7. The minimum absolute atomic E-state index is 0.0332. The monoisotopic (exact) mass is 542 g/mol. The molecule has 0 fully saturated rings. The molecule has 0 heterocycles. The highest BCUT2D eigenvalue weighted by Gasteiger charge is 2.13. The van der Waals surface area contributed by atoms with Crippen LogP contribution in [0.1, 0.15) is 29.2 Å². The second-order valence-electron chi connectivity index (χ2n) is 8.75. The number of benzene rings is 3. The fraction of sp³-hybridized carbons (Fsp3) is 0.156. The standard InChI is InChI=1S/C32H30O8/c1-21-5-6-24(18-30(21)37-3)7-12-26(34)20-27(35)13-8-25-11-16-29(31(19-25)38-4)40-32(36)39-28-14-9-23(10-15-28)17-22(2)33/h5-16,18-20,35H,17H2,1-4H3/b12-7+,13-8+,27-20?. The van der Waals surface area contributed by atoms with E-state index in [1.54, 1.807) is 55.7 Å². The minimum Gasteiger partial charge on any atom is -0.508 e. The number of allylic oxidation sites excluding steroid dienone is 3. The number of ether oxygens (including phenoxy) is 4. The highest BCUT2D eigenvalue weighted by molar-refractivity contribution is 6.02. The van der Waals surface area contributed by atoms with Gasteiger partial charge in [-0.3, -0.25) is 9.59 Å². The average molecular weight is 543 g/mol. The zero-order valence-corrected chi connectivity index (χ0v) is 22.7. The first-order valence-corrected chi connectivity index (χ1v) is 12.3. The maximum Gasteiger partial charge on any atom is 0.519 e. The summed E-state index contributed by atoms with van der Waals surface area (Å²) in [7, 11) is 3.00. The third kappa shape index (κ3) is 9.02. The first kappa shape index (κ1) is 29.4. The third-order valence-electron chi connectivity index (χ3n) is 5.57. The topological polar surface area (TPSA) is 108 Å². The van der Waals surface area contributed by atoms with Gasteiger partial charge >= 0.3 is 6.16 Å². The molecule has 1 N–H and O–H groups in total. The maximum atomic E-state index is 12.3. The predicted octanol–water partition coefficient (Wildman–Crippen LogP) is 6.46. The van der Waals surface area contributed by atoms with Crippen molar-refractivity contribution in [1.82, 2.24) is 0 Å². The molecule has 0 unspecified atom stereocenters. The summed E-state index contributed by atoms with van der Waals surface area (Å²) in [5, 5.41) is 10.2. The number of methoxy groups -OCH3 is 2. The van der Waals surface area contributed by atoms with E-state index < -0.39 is 11.9 Å². The number of carbonyl (C=O) groups excluding carboxylic acids is 3. The Morgan fingerprint density at radius 1 is 0.775 bits per heavy atom. The molecular weight excluding hydrogens is 512 g/mol. The lowest BCUT2D eigenvalue weighted by Gasteiger charge is -2.10. The van der Waals surface area contributed by atoms with Gasteiger partial charge in [-0.05, 0) is 78.6 Å². The van der Waals surface area contributed by atoms with Crippen LogP contribution in [0.2, 0.25) is 0 Å². The summed E-state index contributed by atoms with van der Waals surface area (Å²) in [6, 6.07) is 16.9. The molecule has 3 aromatic rings. The Balaban J connectivity index is 1.60. The number of aliphatic hydroxyl groups excluding tert-OH is 1. The second kappa shape index (κ2) is 14.2. The van der Waals surface area contributed by atoms with Crippen LogP contribution in [-0.2, 0) is 16.0 Å². The molecule has 0 aromatic heterocycles. The van der Waals surface area contributed by atoms with Gasteiger partial charge in [-0.15, -0.1) is 0 Å². The minimum atomic E-state index is -0.961. The van der Waals surface area contributed by atoms with Gasteiger partial charge in [-0.25, -0.2) is 4.79 Å². The van der Waals surface area contributed by atoms with Gasteiger partial charge < -0.3 is 24.1 Å². The van der Waals surface area contributed by atoms with Crippen LogP contribution in [0.5, 0.6) is 23.0 Å². The lowest BCUT2D eigenvalue weighted by atomic mass is 10.1. The van der Waals surface area contributed by atoms with Gasteiger partial charge in [0.15, 0.2) is 17.3 Å². The van der Waals surface area contributed by atoms with E-state index >= 15 is 0 Å². The molecule has 0 radical (unpaired) electrons. The van der Waals surface area contributed by atoms with Crippen LogP contribution in [0.4, 0.5) is 4.79 Å². The first-order chi connectivity index (χ1) is 19.2. The molecule has 0 saturated heterocycles. The van der Waals surface area contributed by atoms with Crippen LogP contribution in [0, 0.1) is 6.92 Å². The van der Waals surface area contributed by atoms with Crippen molar-refractivity contribution >= 4 is 29.9 Å². The van der Waals surface area contributed by atoms with Gasteiger partial charge in [0.1, 0.15) is 23.0 Å². The summed E-state index contributed by atoms with van der Waals surface area (Å²) >= 11 is 0. The van der Waals surface area contributed by atoms with Gasteiger partial charge in [0.05, 0.1) is 14.2 Å². The van der Waals surface area contributed by atoms with Crippen LogP contribution < -0.4 is 18.9 Å². The maximum absolute atomic E-state index is 12.3. The van der Waals surface area contributed by atoms with E-state index in [4.69, 9.17) is 18.9 Å². The van der Waals surface area contributed by atoms with Crippen LogP contribution in [-0.4, -0.2) is 37.0 Å². The van der Waals surface area contributed by atoms with Gasteiger partial charge in [-0.1, -0.05) is 42.5 Å². The zero-order chi connectivity index (χ0) is 29.1. The van der Waals surface area contributed by atoms with Gasteiger partial charge in [0.2, 0.25) is 0 Å². The van der Waals surface area contributed by atoms with E-state index in [0.717, 1.165) is 28.5 Å². The molecule has 0 aliphatic carbocycles. The van der Waals surface area contributed by atoms with E-state index in [-0.39, 0.29) is 28.8 Å². The van der Waals surface area contributed by atoms with Crippen LogP contribution >= 0.6 is 0 Å². The SMILES string of the molecule is COc1cc(/C=C/C(=O)C=C(O)/C=C/c2ccc(OC(=O)Oc3ccc(CC(C)=O)cc3)c(OC)c2)ccc1C. The van der Waals surface area contributed by atoms with Crippen molar-refractivity contribution < 1.29 is 38.4 Å². The van der Waals surface area contributed by atoms with Crippen molar-refractivity contribution in [2.75, 3.05) is 14.2 Å². The van der Waals surface area contributed by atoms with Crippen LogP contribution in [0.3, 0.4) is 0 Å². The summed E-state index contributed by atoms with van der Waals surface area (Å²) in [4.78, 5) is 35.7. The van der Waals surface area contributed by atoms with Crippen LogP contribution in [0.15, 0.2) is 84.7 Å². The molecule has 0 spiro atoms. The Morgan fingerprint density at radius 3 is 2.05 bits per heavy atom. The van der Waals surface area contributed by atoms with Crippen molar-refractivity contribution in [3.05, 3.63) is 107 Å². The van der Waals surface area contributed by atoms with Crippen molar-refractivity contribution in [3.63, 3.8) is 0 Å². The molecule has 0 bridgehead atoms. The van der Waals surface area contributed by atoms with Crippen molar-refractivity contribution in [2.45, 2.75) is 20.3 Å². The number of aliphatic hydroxyl groups is 1. The Morgan fingerprint density at radius 2 is 1.40 bits per heavy atom. The largest absolute Gasteiger partial charge is 0.519 e. The molecular formula is C32H30O8. The predicted molar refractivity (Wildman–Crippen MR) is 152 cm³/mol. The molecule has 0 atom stereocenters. The van der Waals surface area contributed by atoms with Crippen molar-refractivity contribution in [2.24, 2.45) is 0 Å². The Kier molecular flexibility index (Phi) is 10.4. The van der Waals surface area contributed by atoms with Gasteiger partial charge in [0.25, 0.3) is 0 Å². The molecule has 8 heteroatoms. The lowest BCUT2D eigenvalue weighted by molar-refractivity contribution is -0.116. The number of ketones is 2. The van der Waals surface area contributed by atoms with Crippen molar-refractivity contribution in [3.8, 4) is 23.0 Å². The second-order valence-corrected chi connectivity index (χ2v) is 8.75. The molecule has 0 aliphatic heterocycles. The fourth-order valence-electron chi connectivity index (χ4n) is 3.58. The molecule has 0 amide bonds. The summed E-state index contributed by atoms with van der Waals surface area (Å²) < 4.78 is 21.1. The van der Waals surface area contributed by atoms with Crippen LogP contribution in [0.25, 0.3) is 12.2 Å². The smallest absolute Gasteiger partial charge is 0.508 e. The zero-order valence-electron chi connectivity index (χ0n) is 22.7. The number of aryl methyl sites for hydroxylation is 1. The molecule has 0 aliphatic rings. The molecule has 206 valence electrons. The third-order valence-corrected chi connectivity index (χ3v) is 5.57. The Bertz CT molecular complexity index is 1460. The van der Waals surface area contributed by atoms with Crippen molar-refractivity contribution in [1.29, 1.82) is 0 Å². The summed E-state index contributed by atoms with van der Waals surface area (Å²) in [6.45, 7) is 3.43. The van der Waals surface area contributed by atoms with E-state index in [1.165, 1.54) is 32.3 Å². The Hall–Kier alpha value is -5.11. The molecule has 40 heavy (non-hydrogen) atoms. The summed E-state index contributed by atoms with van der Waals surface area (Å²) in [5.41, 5.74) is 3.20. The molecule has 3 rings (SSSR count). The van der Waals surface area contributed by atoms with E-state index in [0.29, 0.717) is 12.0 Å². The quantitative estimate of drug-likeness (QED) is 0.0967. The molecule has 3 aromatic carbocycles.